The van der Waals surface area contributed by atoms with Crippen LogP contribution in [0.3, 0.4) is 0 Å². The number of aliphatic carboxylic acids is 1. The molecule has 5 aliphatic carbocycles. The third-order valence-corrected chi connectivity index (χ3v) is 23.1. The number of carbonyl (C=O) groups excluding carboxylic acids is 2. The van der Waals surface area contributed by atoms with Gasteiger partial charge in [-0.05, 0) is 93.3 Å². The van der Waals surface area contributed by atoms with Crippen molar-refractivity contribution >= 4 is 17.9 Å². The summed E-state index contributed by atoms with van der Waals surface area (Å²) in [4.78, 5) is 40.0. The molecule has 0 radical (unpaired) electrons. The summed E-state index contributed by atoms with van der Waals surface area (Å²) in [6.07, 6.45) is -38.7. The summed E-state index contributed by atoms with van der Waals surface area (Å²) in [5.41, 5.74) is -4.86. The number of hydrogen-bond acceptors (Lipinski definition) is 27. The molecule has 28 heteroatoms. The van der Waals surface area contributed by atoms with E-state index in [9.17, 15) is 91.0 Å². The second-order valence-corrected chi connectivity index (χ2v) is 28.5. The van der Waals surface area contributed by atoms with Gasteiger partial charge in [0.05, 0.1) is 49.7 Å². The number of allylic oxidation sites excluding steroid dienone is 2. The first kappa shape index (κ1) is 70.3. The fourth-order valence-corrected chi connectivity index (χ4v) is 17.7. The smallest absolute Gasteiger partial charge is 0.335 e. The molecule has 9 aliphatic rings. The van der Waals surface area contributed by atoms with Gasteiger partial charge in [0, 0.05) is 23.3 Å². The van der Waals surface area contributed by atoms with E-state index in [1.54, 1.807) is 19.9 Å². The number of fused-ring (bicyclic) bond motifs is 7. The van der Waals surface area contributed by atoms with Crippen molar-refractivity contribution in [2.45, 2.75) is 268 Å². The van der Waals surface area contributed by atoms with Gasteiger partial charge in [0.15, 0.2) is 37.4 Å². The summed E-state index contributed by atoms with van der Waals surface area (Å²) < 4.78 is 60.7. The molecule has 28 nitrogen and oxygen atoms in total. The van der Waals surface area contributed by atoms with E-state index in [-0.39, 0.29) is 24.7 Å². The molecule has 4 saturated carbocycles. The maximum absolute atomic E-state index is 13.5. The van der Waals surface area contributed by atoms with Gasteiger partial charge < -0.3 is 124 Å². The van der Waals surface area contributed by atoms with Crippen LogP contribution in [0.15, 0.2) is 23.3 Å². The highest BCUT2D eigenvalue weighted by atomic mass is 16.8. The number of aliphatic hydroxyl groups excluding tert-OH is 14. The van der Waals surface area contributed by atoms with Gasteiger partial charge in [-0.2, -0.15) is 0 Å². The standard InChI is InChI=1S/C61H96O28/c1-12-23(2)51(79)89-48-49(81-25(4)65)61(22-64)27(19-56(48,5)6)26-13-14-31-58(9)17-16-32(57(7,8)30(58)15-18-59(31,10)60(26,11)46(75)47(61)76)84-55-44(87-53-40(73)37(70)34(67)28(20-62)82-53)41(74)42(45(88-55)50(77)78)85-54-43(38(71)35(68)29(21-63)83-54)86-52-39(72)36(69)33(66)24(3)80-52/h12-13,24,27-49,52-55,62-64,66-76H,14-22H2,1-11H3,(H,77,78)/b23-12+/t24-,27?,28+,29+,30?,31?,32-,33-,34+,35-,36+,37-,38-,39+,40+,41-,42+,43+,44+,45-,46-,47+,48-,49-,52-,53-,54-,55+,58-,59+,60-,61-/m0/s1. The first-order chi connectivity index (χ1) is 41.5. The normalized spacial score (nSPS) is 51.3. The lowest BCUT2D eigenvalue weighted by molar-refractivity contribution is -0.401. The Morgan fingerprint density at radius 3 is 1.73 bits per heavy atom. The maximum atomic E-state index is 13.5. The van der Waals surface area contributed by atoms with Gasteiger partial charge in [-0.3, -0.25) is 4.79 Å². The molecular formula is C61H96O28. The van der Waals surface area contributed by atoms with E-state index in [1.807, 2.05) is 34.6 Å². The van der Waals surface area contributed by atoms with Crippen LogP contribution in [-0.4, -0.2) is 268 Å². The number of carboxylic acid groups (broad SMARTS) is 1. The summed E-state index contributed by atoms with van der Waals surface area (Å²) in [6.45, 7) is 17.2. The second-order valence-electron chi connectivity index (χ2n) is 28.5. The van der Waals surface area contributed by atoms with Crippen LogP contribution in [0, 0.1) is 50.2 Å². The third kappa shape index (κ3) is 11.4. The average molecular weight is 1280 g/mol. The zero-order valence-electron chi connectivity index (χ0n) is 52.2. The third-order valence-electron chi connectivity index (χ3n) is 23.1. The Labute approximate surface area is 516 Å². The Morgan fingerprint density at radius 2 is 1.16 bits per heavy atom. The molecule has 0 aromatic rings. The molecule has 32 atom stereocenters. The van der Waals surface area contributed by atoms with Crippen molar-refractivity contribution in [3.05, 3.63) is 23.3 Å². The monoisotopic (exact) mass is 1280 g/mol. The predicted octanol–water partition coefficient (Wildman–Crippen LogP) is -2.47. The van der Waals surface area contributed by atoms with Gasteiger partial charge in [0.2, 0.25) is 0 Å². The lowest BCUT2D eigenvalue weighted by Crippen LogP contribution is -2.76. The van der Waals surface area contributed by atoms with Crippen LogP contribution >= 0.6 is 0 Å². The van der Waals surface area contributed by atoms with Crippen molar-refractivity contribution in [3.63, 3.8) is 0 Å². The number of ether oxygens (including phenoxy) is 10. The number of esters is 2. The lowest BCUT2D eigenvalue weighted by atomic mass is 9.32. The van der Waals surface area contributed by atoms with Crippen molar-refractivity contribution in [1.82, 2.24) is 0 Å². The summed E-state index contributed by atoms with van der Waals surface area (Å²) in [5, 5.41) is 169. The van der Waals surface area contributed by atoms with Gasteiger partial charge in [-0.25, -0.2) is 9.59 Å². The molecule has 0 amide bonds. The molecule has 3 unspecified atom stereocenters. The zero-order chi connectivity index (χ0) is 65.9. The van der Waals surface area contributed by atoms with Crippen LogP contribution in [-0.2, 0) is 61.8 Å². The zero-order valence-corrected chi connectivity index (χ0v) is 52.2. The Balaban J connectivity index is 1.03. The molecule has 8 fully saturated rings. The topological polar surface area (TPSA) is 447 Å². The summed E-state index contributed by atoms with van der Waals surface area (Å²) in [5.74, 6) is -4.24. The van der Waals surface area contributed by atoms with Crippen molar-refractivity contribution < 1.29 is 138 Å². The quantitative estimate of drug-likeness (QED) is 0.0350. The number of carbonyl (C=O) groups is 3. The molecular weight excluding hydrogens is 1180 g/mol. The van der Waals surface area contributed by atoms with Crippen LogP contribution in [0.2, 0.25) is 0 Å². The van der Waals surface area contributed by atoms with Crippen LogP contribution in [0.1, 0.15) is 115 Å². The first-order valence-electron chi connectivity index (χ1n) is 31.0. The molecule has 508 valence electrons. The lowest BCUT2D eigenvalue weighted by Gasteiger charge is -2.73. The SMILES string of the molecule is C/C=C(\C)C(=O)O[C@H]1[C@H](OC(C)=O)[C@@]2(CO)C(CC1(C)C)C1=CCC3[C@@]4(C)CC[C@H](O[C@@H]5O[C@H](C(=O)O)[C@H](O[C@@H]6O[C@H](CO)[C@H](O)[C@H](O)[C@H]6O[C@@H]6O[C@@H](C)[C@H](O)[C@@H](O)[C@H]6O)[C@H](O)[C@H]5O[C@@H]5O[C@H](CO)[C@@H](O)[C@H](O)[C@H]5O)C(C)(C)C4CC[C@@]3(C)[C@]1(C)[C@@H](O)[C@H]2O. The van der Waals surface area contributed by atoms with Crippen molar-refractivity contribution in [2.24, 2.45) is 50.2 Å². The minimum atomic E-state index is -2.25. The Bertz CT molecular complexity index is 2620. The Kier molecular flexibility index (Phi) is 20.3. The van der Waals surface area contributed by atoms with Crippen molar-refractivity contribution in [2.75, 3.05) is 19.8 Å². The number of aliphatic hydroxyl groups is 14. The second kappa shape index (κ2) is 25.6. The highest BCUT2D eigenvalue weighted by Gasteiger charge is 2.76. The molecule has 89 heavy (non-hydrogen) atoms. The van der Waals surface area contributed by atoms with E-state index < -0.39 is 229 Å². The van der Waals surface area contributed by atoms with Crippen LogP contribution < -0.4 is 0 Å². The minimum Gasteiger partial charge on any atom is -0.479 e. The van der Waals surface area contributed by atoms with E-state index in [4.69, 9.17) is 47.4 Å². The highest BCUT2D eigenvalue weighted by Crippen LogP contribution is 2.76. The Morgan fingerprint density at radius 1 is 0.607 bits per heavy atom. The van der Waals surface area contributed by atoms with Crippen LogP contribution in [0.25, 0.3) is 0 Å². The van der Waals surface area contributed by atoms with Gasteiger partial charge >= 0.3 is 17.9 Å². The van der Waals surface area contributed by atoms with E-state index in [0.717, 1.165) is 5.57 Å². The van der Waals surface area contributed by atoms with E-state index >= 15 is 0 Å². The molecule has 0 bridgehead atoms. The molecule has 9 rings (SSSR count). The number of hydrogen-bond donors (Lipinski definition) is 15. The van der Waals surface area contributed by atoms with Crippen molar-refractivity contribution in [1.29, 1.82) is 0 Å². The van der Waals surface area contributed by atoms with Crippen LogP contribution in [0.4, 0.5) is 0 Å². The van der Waals surface area contributed by atoms with Crippen LogP contribution in [0.5, 0.6) is 0 Å². The van der Waals surface area contributed by atoms with Crippen molar-refractivity contribution in [3.8, 4) is 0 Å². The summed E-state index contributed by atoms with van der Waals surface area (Å²) >= 11 is 0. The Hall–Kier alpha value is -2.99. The molecule has 15 N–H and O–H groups in total. The van der Waals surface area contributed by atoms with Gasteiger partial charge in [-0.15, -0.1) is 0 Å². The fraction of sp³-hybridized carbons (Fsp3) is 0.885. The highest BCUT2D eigenvalue weighted by molar-refractivity contribution is 5.87. The van der Waals surface area contributed by atoms with E-state index in [2.05, 4.69) is 19.9 Å². The molecule has 0 aromatic heterocycles. The molecule has 4 saturated heterocycles. The fourth-order valence-electron chi connectivity index (χ4n) is 17.7. The van der Waals surface area contributed by atoms with Gasteiger partial charge in [0.1, 0.15) is 91.6 Å². The molecule has 4 heterocycles. The largest absolute Gasteiger partial charge is 0.479 e. The minimum absolute atomic E-state index is 0.193. The number of rotatable bonds is 15. The van der Waals surface area contributed by atoms with E-state index in [1.165, 1.54) is 13.8 Å². The predicted molar refractivity (Wildman–Crippen MR) is 300 cm³/mol. The van der Waals surface area contributed by atoms with E-state index in [0.29, 0.717) is 31.3 Å². The molecule has 0 aromatic carbocycles. The first-order valence-corrected chi connectivity index (χ1v) is 31.0. The number of carboxylic acids is 1. The molecule has 4 aliphatic heterocycles. The maximum Gasteiger partial charge on any atom is 0.335 e. The van der Waals surface area contributed by atoms with Gasteiger partial charge in [0.25, 0.3) is 0 Å². The summed E-state index contributed by atoms with van der Waals surface area (Å²) in [7, 11) is 0. The molecule has 0 spiro atoms. The van der Waals surface area contributed by atoms with Gasteiger partial charge in [-0.1, -0.05) is 66.2 Å². The summed E-state index contributed by atoms with van der Waals surface area (Å²) in [6, 6.07) is 0. The average Bonchev–Trinajstić information content (AvgIpc) is 0.664.